The van der Waals surface area contributed by atoms with Gasteiger partial charge < -0.3 is 14.8 Å². The van der Waals surface area contributed by atoms with Crippen molar-refractivity contribution in [1.29, 1.82) is 0 Å². The van der Waals surface area contributed by atoms with Crippen molar-refractivity contribution in [3.05, 3.63) is 78.6 Å². The Kier molecular flexibility index (Phi) is 7.67. The maximum atomic E-state index is 13.0. The highest BCUT2D eigenvalue weighted by Crippen LogP contribution is 2.20. The van der Waals surface area contributed by atoms with E-state index >= 15 is 0 Å². The van der Waals surface area contributed by atoms with E-state index in [1.165, 1.54) is 24.3 Å². The lowest BCUT2D eigenvalue weighted by molar-refractivity contribution is -0.118. The van der Waals surface area contributed by atoms with Gasteiger partial charge in [-0.2, -0.15) is 0 Å². The van der Waals surface area contributed by atoms with E-state index in [9.17, 15) is 17.6 Å². The quantitative estimate of drug-likeness (QED) is 0.469. The van der Waals surface area contributed by atoms with Crippen LogP contribution in [0.25, 0.3) is 0 Å². The molecule has 0 bridgehead atoms. The molecule has 3 aromatic rings. The highest BCUT2D eigenvalue weighted by Gasteiger charge is 2.14. The number of ether oxygens (including phenoxy) is 2. The number of halogens is 1. The Bertz CT molecular complexity index is 1130. The number of benzene rings is 3. The monoisotopic (exact) mass is 458 g/mol. The molecule has 0 fully saturated rings. The number of carbonyl (C=O) groups is 1. The summed E-state index contributed by atoms with van der Waals surface area (Å²) in [6.07, 6.45) is 0.916. The summed E-state index contributed by atoms with van der Waals surface area (Å²) < 4.78 is 51.0. The van der Waals surface area contributed by atoms with Crippen LogP contribution in [0.2, 0.25) is 0 Å². The molecular formula is C23H23FN2O5S. The summed E-state index contributed by atoms with van der Waals surface area (Å²) >= 11 is 0. The number of nitrogens with one attached hydrogen (secondary N) is 2. The lowest BCUT2D eigenvalue weighted by Crippen LogP contribution is -2.20. The molecule has 7 nitrogen and oxygen atoms in total. The molecule has 0 aliphatic carbocycles. The van der Waals surface area contributed by atoms with Gasteiger partial charge in [-0.3, -0.25) is 9.52 Å². The standard InChI is InChI=1S/C23H23FN2O5S/c1-2-15-30-20-9-11-21(12-10-20)31-16-23(27)25-18-5-7-19(8-6-18)26-32(28,29)22-13-3-17(24)4-14-22/h3-14,26H,2,15-16H2,1H3,(H,25,27). The normalized spacial score (nSPS) is 10.9. The van der Waals surface area contributed by atoms with Crippen molar-refractivity contribution in [2.45, 2.75) is 18.2 Å². The molecule has 0 aromatic heterocycles. The summed E-state index contributed by atoms with van der Waals surface area (Å²) in [6.45, 7) is 2.47. The average Bonchev–Trinajstić information content (AvgIpc) is 2.78. The van der Waals surface area contributed by atoms with Crippen molar-refractivity contribution in [1.82, 2.24) is 0 Å². The molecule has 0 aliphatic rings. The minimum Gasteiger partial charge on any atom is -0.494 e. The molecule has 0 atom stereocenters. The number of hydrogen-bond acceptors (Lipinski definition) is 5. The number of amides is 1. The minimum atomic E-state index is -3.85. The van der Waals surface area contributed by atoms with E-state index in [4.69, 9.17) is 9.47 Å². The molecule has 168 valence electrons. The molecule has 3 aromatic carbocycles. The second-order valence-electron chi connectivity index (χ2n) is 6.79. The second-order valence-corrected chi connectivity index (χ2v) is 8.48. The van der Waals surface area contributed by atoms with Gasteiger partial charge in [0.05, 0.1) is 11.5 Å². The van der Waals surface area contributed by atoms with Crippen molar-refractivity contribution in [2.75, 3.05) is 23.3 Å². The summed E-state index contributed by atoms with van der Waals surface area (Å²) in [4.78, 5) is 12.1. The smallest absolute Gasteiger partial charge is 0.262 e. The summed E-state index contributed by atoms with van der Waals surface area (Å²) in [5, 5.41) is 2.67. The highest BCUT2D eigenvalue weighted by molar-refractivity contribution is 7.92. The summed E-state index contributed by atoms with van der Waals surface area (Å²) in [5.41, 5.74) is 0.778. The molecule has 0 heterocycles. The van der Waals surface area contributed by atoms with Crippen LogP contribution in [0.4, 0.5) is 15.8 Å². The van der Waals surface area contributed by atoms with Gasteiger partial charge in [-0.25, -0.2) is 12.8 Å². The Hall–Kier alpha value is -3.59. The van der Waals surface area contributed by atoms with Gasteiger partial charge in [0.2, 0.25) is 0 Å². The molecule has 1 amide bonds. The third-order valence-corrected chi connectivity index (χ3v) is 5.61. The molecule has 0 unspecified atom stereocenters. The first-order valence-corrected chi connectivity index (χ1v) is 11.4. The molecule has 0 saturated carbocycles. The first-order chi connectivity index (χ1) is 15.4. The number of rotatable bonds is 10. The van der Waals surface area contributed by atoms with Crippen LogP contribution in [0.5, 0.6) is 11.5 Å². The molecule has 0 aliphatic heterocycles. The van der Waals surface area contributed by atoms with Crippen LogP contribution in [0.3, 0.4) is 0 Å². The molecule has 9 heteroatoms. The molecule has 0 radical (unpaired) electrons. The number of hydrogen-bond donors (Lipinski definition) is 2. The van der Waals surface area contributed by atoms with Crippen molar-refractivity contribution in [3.63, 3.8) is 0 Å². The van der Waals surface area contributed by atoms with E-state index in [1.807, 2.05) is 6.92 Å². The Labute approximate surface area is 186 Å². The van der Waals surface area contributed by atoms with E-state index in [0.29, 0.717) is 23.7 Å². The van der Waals surface area contributed by atoms with Crippen LogP contribution < -0.4 is 19.5 Å². The Balaban J connectivity index is 1.50. The molecular weight excluding hydrogens is 435 g/mol. The van der Waals surface area contributed by atoms with Crippen molar-refractivity contribution in [3.8, 4) is 11.5 Å². The lowest BCUT2D eigenvalue weighted by atomic mass is 10.3. The molecule has 2 N–H and O–H groups in total. The predicted molar refractivity (Wildman–Crippen MR) is 120 cm³/mol. The Morgan fingerprint density at radius 1 is 0.844 bits per heavy atom. The maximum absolute atomic E-state index is 13.0. The summed E-state index contributed by atoms with van der Waals surface area (Å²) in [6, 6.07) is 17.6. The van der Waals surface area contributed by atoms with E-state index in [1.54, 1.807) is 36.4 Å². The largest absolute Gasteiger partial charge is 0.494 e. The van der Waals surface area contributed by atoms with Crippen LogP contribution in [0.15, 0.2) is 77.7 Å². The molecule has 32 heavy (non-hydrogen) atoms. The predicted octanol–water partition coefficient (Wildman–Crippen LogP) is 4.43. The van der Waals surface area contributed by atoms with Gasteiger partial charge in [-0.1, -0.05) is 6.92 Å². The van der Waals surface area contributed by atoms with E-state index < -0.39 is 15.8 Å². The zero-order valence-electron chi connectivity index (χ0n) is 17.4. The minimum absolute atomic E-state index is 0.0570. The molecule has 0 spiro atoms. The SMILES string of the molecule is CCCOc1ccc(OCC(=O)Nc2ccc(NS(=O)(=O)c3ccc(F)cc3)cc2)cc1. The first kappa shape index (κ1) is 23.1. The van der Waals surface area contributed by atoms with Crippen LogP contribution in [-0.2, 0) is 14.8 Å². The second kappa shape index (κ2) is 10.6. The molecule has 3 rings (SSSR count). The van der Waals surface area contributed by atoms with Crippen LogP contribution in [0, 0.1) is 5.82 Å². The topological polar surface area (TPSA) is 93.7 Å². The van der Waals surface area contributed by atoms with Gasteiger partial charge in [0, 0.05) is 11.4 Å². The van der Waals surface area contributed by atoms with Gasteiger partial charge in [0.25, 0.3) is 15.9 Å². The fourth-order valence-electron chi connectivity index (χ4n) is 2.65. The zero-order chi connectivity index (χ0) is 23.0. The zero-order valence-corrected chi connectivity index (χ0v) is 18.2. The van der Waals surface area contributed by atoms with E-state index in [2.05, 4.69) is 10.0 Å². The number of sulfonamides is 1. The van der Waals surface area contributed by atoms with Crippen molar-refractivity contribution in [2.24, 2.45) is 0 Å². The third-order valence-electron chi connectivity index (χ3n) is 4.21. The maximum Gasteiger partial charge on any atom is 0.262 e. The van der Waals surface area contributed by atoms with E-state index in [0.717, 1.165) is 24.3 Å². The lowest BCUT2D eigenvalue weighted by Gasteiger charge is -2.10. The van der Waals surface area contributed by atoms with Gasteiger partial charge in [0.15, 0.2) is 6.61 Å². The summed E-state index contributed by atoms with van der Waals surface area (Å²) in [5.74, 6) is 0.385. The molecule has 0 saturated heterocycles. The Morgan fingerprint density at radius 2 is 1.41 bits per heavy atom. The third kappa shape index (κ3) is 6.71. The fourth-order valence-corrected chi connectivity index (χ4v) is 3.71. The van der Waals surface area contributed by atoms with Gasteiger partial charge >= 0.3 is 0 Å². The highest BCUT2D eigenvalue weighted by atomic mass is 32.2. The fraction of sp³-hybridized carbons (Fsp3) is 0.174. The Morgan fingerprint density at radius 3 is 2.00 bits per heavy atom. The van der Waals surface area contributed by atoms with Crippen LogP contribution in [-0.4, -0.2) is 27.5 Å². The van der Waals surface area contributed by atoms with Crippen LogP contribution in [0.1, 0.15) is 13.3 Å². The summed E-state index contributed by atoms with van der Waals surface area (Å²) in [7, 11) is -3.85. The van der Waals surface area contributed by atoms with Gasteiger partial charge in [-0.15, -0.1) is 0 Å². The first-order valence-electron chi connectivity index (χ1n) is 9.90. The van der Waals surface area contributed by atoms with Crippen LogP contribution >= 0.6 is 0 Å². The number of carbonyl (C=O) groups excluding carboxylic acids is 1. The van der Waals surface area contributed by atoms with E-state index in [-0.39, 0.29) is 17.4 Å². The average molecular weight is 459 g/mol. The van der Waals surface area contributed by atoms with Crippen molar-refractivity contribution < 1.29 is 27.1 Å². The van der Waals surface area contributed by atoms with Gasteiger partial charge in [0.1, 0.15) is 17.3 Å². The number of anilines is 2. The van der Waals surface area contributed by atoms with Gasteiger partial charge in [-0.05, 0) is 79.2 Å². The van der Waals surface area contributed by atoms with Crippen molar-refractivity contribution >= 4 is 27.3 Å².